The van der Waals surface area contributed by atoms with E-state index in [0.29, 0.717) is 0 Å². The SMILES string of the molecule is CCCCC/C(C)=C/C=C(\C)Cl. The minimum atomic E-state index is 0.852. The molecule has 0 aliphatic heterocycles. The molecule has 1 heteroatoms. The molecular formula is C11H19Cl. The molecule has 0 saturated carbocycles. The van der Waals surface area contributed by atoms with Gasteiger partial charge in [-0.15, -0.1) is 0 Å². The summed E-state index contributed by atoms with van der Waals surface area (Å²) in [5, 5.41) is 0.852. The summed E-state index contributed by atoms with van der Waals surface area (Å²) in [6.45, 7) is 6.28. The van der Waals surface area contributed by atoms with Crippen molar-refractivity contribution in [3.8, 4) is 0 Å². The molecule has 0 saturated heterocycles. The highest BCUT2D eigenvalue weighted by atomic mass is 35.5. The fourth-order valence-corrected chi connectivity index (χ4v) is 1.06. The first-order chi connectivity index (χ1) is 5.66. The van der Waals surface area contributed by atoms with Crippen molar-refractivity contribution in [2.45, 2.75) is 46.5 Å². The number of hydrogen-bond donors (Lipinski definition) is 0. The van der Waals surface area contributed by atoms with Gasteiger partial charge in [0.1, 0.15) is 0 Å². The van der Waals surface area contributed by atoms with Crippen molar-refractivity contribution in [2.24, 2.45) is 0 Å². The van der Waals surface area contributed by atoms with Crippen LogP contribution in [0.3, 0.4) is 0 Å². The van der Waals surface area contributed by atoms with Crippen LogP contribution in [-0.2, 0) is 0 Å². The van der Waals surface area contributed by atoms with E-state index in [1.165, 1.54) is 31.3 Å². The lowest BCUT2D eigenvalue weighted by atomic mass is 10.1. The molecule has 0 aliphatic rings. The van der Waals surface area contributed by atoms with Crippen LogP contribution in [0.1, 0.15) is 46.5 Å². The topological polar surface area (TPSA) is 0 Å². The van der Waals surface area contributed by atoms with Crippen LogP contribution in [-0.4, -0.2) is 0 Å². The molecule has 0 amide bonds. The van der Waals surface area contributed by atoms with Crippen LogP contribution in [0, 0.1) is 0 Å². The van der Waals surface area contributed by atoms with E-state index in [2.05, 4.69) is 19.9 Å². The molecule has 0 spiro atoms. The summed E-state index contributed by atoms with van der Waals surface area (Å²) in [7, 11) is 0. The highest BCUT2D eigenvalue weighted by Gasteiger charge is 1.88. The van der Waals surface area contributed by atoms with E-state index in [1.807, 2.05) is 13.0 Å². The molecule has 0 rings (SSSR count). The Kier molecular flexibility index (Phi) is 7.28. The second-order valence-corrected chi connectivity index (χ2v) is 3.82. The third kappa shape index (κ3) is 7.87. The summed E-state index contributed by atoms with van der Waals surface area (Å²) in [5.41, 5.74) is 1.42. The summed E-state index contributed by atoms with van der Waals surface area (Å²) in [6.07, 6.45) is 9.19. The second kappa shape index (κ2) is 7.42. The fraction of sp³-hybridized carbons (Fsp3) is 0.636. The van der Waals surface area contributed by atoms with Crippen LogP contribution in [0.15, 0.2) is 22.8 Å². The van der Waals surface area contributed by atoms with E-state index in [1.54, 1.807) is 0 Å². The van der Waals surface area contributed by atoms with E-state index < -0.39 is 0 Å². The number of unbranched alkanes of at least 4 members (excludes halogenated alkanes) is 2. The third-order valence-corrected chi connectivity index (χ3v) is 1.90. The molecule has 70 valence electrons. The maximum absolute atomic E-state index is 5.70. The zero-order valence-corrected chi connectivity index (χ0v) is 9.12. The van der Waals surface area contributed by atoms with Gasteiger partial charge in [-0.2, -0.15) is 0 Å². The normalized spacial score (nSPS) is 13.7. The number of hydrogen-bond acceptors (Lipinski definition) is 0. The number of allylic oxidation sites excluding steroid dienone is 4. The first kappa shape index (κ1) is 11.8. The van der Waals surface area contributed by atoms with Crippen molar-refractivity contribution in [3.63, 3.8) is 0 Å². The van der Waals surface area contributed by atoms with Crippen molar-refractivity contribution < 1.29 is 0 Å². The molecule has 0 atom stereocenters. The standard InChI is InChI=1S/C11H19Cl/c1-4-5-6-7-10(2)8-9-11(3)12/h8-9H,4-7H2,1-3H3/b10-8+,11-9+. The van der Waals surface area contributed by atoms with Crippen LogP contribution >= 0.6 is 11.6 Å². The van der Waals surface area contributed by atoms with Gasteiger partial charge in [-0.25, -0.2) is 0 Å². The molecule has 0 heterocycles. The molecule has 12 heavy (non-hydrogen) atoms. The summed E-state index contributed by atoms with van der Waals surface area (Å²) in [5.74, 6) is 0. The van der Waals surface area contributed by atoms with Crippen molar-refractivity contribution in [3.05, 3.63) is 22.8 Å². The Bertz CT molecular complexity index is 162. The maximum Gasteiger partial charge on any atom is 0.0149 e. The van der Waals surface area contributed by atoms with Gasteiger partial charge in [0.15, 0.2) is 0 Å². The first-order valence-electron chi connectivity index (χ1n) is 4.66. The van der Waals surface area contributed by atoms with E-state index >= 15 is 0 Å². The lowest BCUT2D eigenvalue weighted by Crippen LogP contribution is -1.77. The van der Waals surface area contributed by atoms with E-state index in [4.69, 9.17) is 11.6 Å². The van der Waals surface area contributed by atoms with Gasteiger partial charge in [-0.1, -0.05) is 43.0 Å². The lowest BCUT2D eigenvalue weighted by Gasteiger charge is -1.97. The van der Waals surface area contributed by atoms with Gasteiger partial charge in [0.2, 0.25) is 0 Å². The van der Waals surface area contributed by atoms with Crippen LogP contribution in [0.2, 0.25) is 0 Å². The fourth-order valence-electron chi connectivity index (χ4n) is 0.994. The lowest BCUT2D eigenvalue weighted by molar-refractivity contribution is 0.713. The Balaban J connectivity index is 3.63. The summed E-state index contributed by atoms with van der Waals surface area (Å²) < 4.78 is 0. The Morgan fingerprint density at radius 3 is 2.33 bits per heavy atom. The van der Waals surface area contributed by atoms with Gasteiger partial charge in [-0.3, -0.25) is 0 Å². The summed E-state index contributed by atoms with van der Waals surface area (Å²) in [6, 6.07) is 0. The van der Waals surface area contributed by atoms with E-state index in [0.717, 1.165) is 5.03 Å². The van der Waals surface area contributed by atoms with Crippen molar-refractivity contribution >= 4 is 11.6 Å². The average Bonchev–Trinajstić information content (AvgIpc) is 2.01. The third-order valence-electron chi connectivity index (χ3n) is 1.77. The van der Waals surface area contributed by atoms with Crippen molar-refractivity contribution in [1.82, 2.24) is 0 Å². The monoisotopic (exact) mass is 186 g/mol. The predicted octanol–water partition coefficient (Wildman–Crippen LogP) is 4.66. The Hall–Kier alpha value is -0.230. The number of rotatable bonds is 5. The number of halogens is 1. The molecule has 0 N–H and O–H groups in total. The summed E-state index contributed by atoms with van der Waals surface area (Å²) >= 11 is 5.70. The highest BCUT2D eigenvalue weighted by molar-refractivity contribution is 6.29. The van der Waals surface area contributed by atoms with Crippen LogP contribution in [0.25, 0.3) is 0 Å². The van der Waals surface area contributed by atoms with Gasteiger partial charge in [-0.05, 0) is 32.8 Å². The van der Waals surface area contributed by atoms with Gasteiger partial charge in [0, 0.05) is 5.03 Å². The Morgan fingerprint density at radius 1 is 1.17 bits per heavy atom. The molecule has 0 nitrogen and oxygen atoms in total. The van der Waals surface area contributed by atoms with E-state index in [9.17, 15) is 0 Å². The zero-order valence-electron chi connectivity index (χ0n) is 8.36. The van der Waals surface area contributed by atoms with Gasteiger partial charge in [0.05, 0.1) is 0 Å². The Morgan fingerprint density at radius 2 is 1.83 bits per heavy atom. The molecule has 0 unspecified atom stereocenters. The Labute approximate surface area is 81.3 Å². The quantitative estimate of drug-likeness (QED) is 0.433. The van der Waals surface area contributed by atoms with Crippen molar-refractivity contribution in [2.75, 3.05) is 0 Å². The molecule has 0 aromatic rings. The second-order valence-electron chi connectivity index (χ2n) is 3.22. The van der Waals surface area contributed by atoms with Crippen molar-refractivity contribution in [1.29, 1.82) is 0 Å². The van der Waals surface area contributed by atoms with Crippen LogP contribution in [0.4, 0.5) is 0 Å². The smallest absolute Gasteiger partial charge is 0.0149 e. The molecule has 0 bridgehead atoms. The van der Waals surface area contributed by atoms with E-state index in [-0.39, 0.29) is 0 Å². The summed E-state index contributed by atoms with van der Waals surface area (Å²) in [4.78, 5) is 0. The average molecular weight is 187 g/mol. The molecule has 0 aliphatic carbocycles. The predicted molar refractivity (Wildman–Crippen MR) is 57.5 cm³/mol. The maximum atomic E-state index is 5.70. The zero-order chi connectivity index (χ0) is 9.40. The van der Waals surface area contributed by atoms with Gasteiger partial charge < -0.3 is 0 Å². The van der Waals surface area contributed by atoms with Crippen LogP contribution in [0.5, 0.6) is 0 Å². The minimum absolute atomic E-state index is 0.852. The highest BCUT2D eigenvalue weighted by Crippen LogP contribution is 2.09. The first-order valence-corrected chi connectivity index (χ1v) is 5.04. The molecule has 0 fully saturated rings. The molecule has 0 aromatic heterocycles. The molecule has 0 radical (unpaired) electrons. The minimum Gasteiger partial charge on any atom is -0.0895 e. The van der Waals surface area contributed by atoms with Gasteiger partial charge >= 0.3 is 0 Å². The largest absolute Gasteiger partial charge is 0.0895 e. The molecular weight excluding hydrogens is 168 g/mol. The molecule has 0 aromatic carbocycles. The van der Waals surface area contributed by atoms with Crippen LogP contribution < -0.4 is 0 Å². The van der Waals surface area contributed by atoms with Gasteiger partial charge in [0.25, 0.3) is 0 Å².